The number of hydrogen-bond donors (Lipinski definition) is 1. The molecular formula is C13H19NO2. The highest BCUT2D eigenvalue weighted by Gasteiger charge is 2.11. The van der Waals surface area contributed by atoms with Gasteiger partial charge in [0.25, 0.3) is 5.91 Å². The van der Waals surface area contributed by atoms with E-state index in [0.717, 1.165) is 11.1 Å². The van der Waals surface area contributed by atoms with Gasteiger partial charge in [-0.1, -0.05) is 17.7 Å². The number of rotatable bonds is 4. The van der Waals surface area contributed by atoms with E-state index in [2.05, 4.69) is 5.32 Å². The first kappa shape index (κ1) is 12.7. The standard InChI is InChI=1S/C13H19NO2/c1-9-5-6-12(10(2)7-9)13(15)14-11(3)8-16-4/h5-7,11H,8H2,1-4H3,(H,14,15). The molecule has 1 aromatic rings. The first-order chi connectivity index (χ1) is 7.54. The van der Waals surface area contributed by atoms with E-state index in [0.29, 0.717) is 6.61 Å². The summed E-state index contributed by atoms with van der Waals surface area (Å²) >= 11 is 0. The lowest BCUT2D eigenvalue weighted by molar-refractivity contribution is 0.0905. The molecule has 0 heterocycles. The van der Waals surface area contributed by atoms with E-state index in [4.69, 9.17) is 4.74 Å². The number of aryl methyl sites for hydroxylation is 2. The number of amides is 1. The molecule has 0 spiro atoms. The summed E-state index contributed by atoms with van der Waals surface area (Å²) in [5.74, 6) is -0.0398. The molecule has 1 rings (SSSR count). The van der Waals surface area contributed by atoms with Gasteiger partial charge >= 0.3 is 0 Å². The average Bonchev–Trinajstić information content (AvgIpc) is 2.17. The van der Waals surface area contributed by atoms with Gasteiger partial charge < -0.3 is 10.1 Å². The second kappa shape index (κ2) is 5.66. The molecule has 0 fully saturated rings. The molecule has 16 heavy (non-hydrogen) atoms. The molecule has 0 bridgehead atoms. The number of ether oxygens (including phenoxy) is 1. The van der Waals surface area contributed by atoms with Gasteiger partial charge in [0, 0.05) is 18.7 Å². The van der Waals surface area contributed by atoms with Crippen LogP contribution in [0.3, 0.4) is 0 Å². The second-order valence-corrected chi connectivity index (χ2v) is 4.15. The van der Waals surface area contributed by atoms with Crippen molar-refractivity contribution in [3.05, 3.63) is 34.9 Å². The summed E-state index contributed by atoms with van der Waals surface area (Å²) in [6.07, 6.45) is 0. The van der Waals surface area contributed by atoms with E-state index in [-0.39, 0.29) is 11.9 Å². The van der Waals surface area contributed by atoms with Crippen molar-refractivity contribution in [3.8, 4) is 0 Å². The van der Waals surface area contributed by atoms with E-state index in [1.54, 1.807) is 7.11 Å². The highest BCUT2D eigenvalue weighted by molar-refractivity contribution is 5.95. The molecule has 0 aromatic heterocycles. The average molecular weight is 221 g/mol. The third kappa shape index (κ3) is 3.35. The van der Waals surface area contributed by atoms with Gasteiger partial charge in [0.05, 0.1) is 6.61 Å². The van der Waals surface area contributed by atoms with Crippen LogP contribution in [0.2, 0.25) is 0 Å². The molecule has 1 amide bonds. The van der Waals surface area contributed by atoms with E-state index in [1.807, 2.05) is 39.0 Å². The maximum Gasteiger partial charge on any atom is 0.251 e. The molecule has 1 aromatic carbocycles. The zero-order chi connectivity index (χ0) is 12.1. The van der Waals surface area contributed by atoms with E-state index < -0.39 is 0 Å². The van der Waals surface area contributed by atoms with Crippen molar-refractivity contribution >= 4 is 5.91 Å². The quantitative estimate of drug-likeness (QED) is 0.845. The zero-order valence-electron chi connectivity index (χ0n) is 10.3. The molecule has 3 heteroatoms. The van der Waals surface area contributed by atoms with E-state index >= 15 is 0 Å². The Morgan fingerprint density at radius 1 is 1.44 bits per heavy atom. The monoisotopic (exact) mass is 221 g/mol. The summed E-state index contributed by atoms with van der Waals surface area (Å²) in [5.41, 5.74) is 2.90. The minimum Gasteiger partial charge on any atom is -0.383 e. The van der Waals surface area contributed by atoms with Crippen molar-refractivity contribution in [2.45, 2.75) is 26.8 Å². The van der Waals surface area contributed by atoms with Gasteiger partial charge in [-0.3, -0.25) is 4.79 Å². The predicted molar refractivity (Wildman–Crippen MR) is 64.7 cm³/mol. The lowest BCUT2D eigenvalue weighted by Gasteiger charge is -2.14. The lowest BCUT2D eigenvalue weighted by Crippen LogP contribution is -2.35. The minimum atomic E-state index is -0.0398. The summed E-state index contributed by atoms with van der Waals surface area (Å²) in [5, 5.41) is 2.89. The van der Waals surface area contributed by atoms with Crippen LogP contribution in [0.25, 0.3) is 0 Å². The number of nitrogens with one attached hydrogen (secondary N) is 1. The Kier molecular flexibility index (Phi) is 4.50. The highest BCUT2D eigenvalue weighted by atomic mass is 16.5. The molecule has 1 N–H and O–H groups in total. The van der Waals surface area contributed by atoms with Crippen LogP contribution < -0.4 is 5.32 Å². The fourth-order valence-electron chi connectivity index (χ4n) is 1.66. The largest absolute Gasteiger partial charge is 0.383 e. The van der Waals surface area contributed by atoms with Crippen molar-refractivity contribution in [1.29, 1.82) is 0 Å². The summed E-state index contributed by atoms with van der Waals surface area (Å²) in [6, 6.07) is 5.84. The van der Waals surface area contributed by atoms with Crippen molar-refractivity contribution < 1.29 is 9.53 Å². The number of carbonyl (C=O) groups is 1. The van der Waals surface area contributed by atoms with Gasteiger partial charge in [-0.15, -0.1) is 0 Å². The maximum atomic E-state index is 11.9. The molecule has 88 valence electrons. The van der Waals surface area contributed by atoms with Gasteiger partial charge in [-0.25, -0.2) is 0 Å². The Morgan fingerprint density at radius 3 is 2.69 bits per heavy atom. The molecule has 0 aliphatic heterocycles. The van der Waals surface area contributed by atoms with Gasteiger partial charge in [0.1, 0.15) is 0 Å². The van der Waals surface area contributed by atoms with E-state index in [1.165, 1.54) is 5.56 Å². The van der Waals surface area contributed by atoms with Crippen LogP contribution in [0.1, 0.15) is 28.4 Å². The molecule has 0 aliphatic carbocycles. The van der Waals surface area contributed by atoms with Gasteiger partial charge in [0.15, 0.2) is 0 Å². The Balaban J connectivity index is 2.73. The molecule has 0 aliphatic rings. The fraction of sp³-hybridized carbons (Fsp3) is 0.462. The minimum absolute atomic E-state index is 0.0261. The third-order valence-electron chi connectivity index (χ3n) is 2.42. The van der Waals surface area contributed by atoms with Gasteiger partial charge in [-0.2, -0.15) is 0 Å². The zero-order valence-corrected chi connectivity index (χ0v) is 10.3. The fourth-order valence-corrected chi connectivity index (χ4v) is 1.66. The first-order valence-corrected chi connectivity index (χ1v) is 5.41. The molecular weight excluding hydrogens is 202 g/mol. The summed E-state index contributed by atoms with van der Waals surface area (Å²) in [6.45, 7) is 6.41. The summed E-state index contributed by atoms with van der Waals surface area (Å²) in [4.78, 5) is 11.9. The molecule has 0 radical (unpaired) electrons. The number of methoxy groups -OCH3 is 1. The van der Waals surface area contributed by atoms with Crippen LogP contribution in [0.15, 0.2) is 18.2 Å². The van der Waals surface area contributed by atoms with Gasteiger partial charge in [0.2, 0.25) is 0 Å². The number of hydrogen-bond acceptors (Lipinski definition) is 2. The summed E-state index contributed by atoms with van der Waals surface area (Å²) in [7, 11) is 1.62. The first-order valence-electron chi connectivity index (χ1n) is 5.41. The predicted octanol–water partition coefficient (Wildman–Crippen LogP) is 2.07. The van der Waals surface area contributed by atoms with Gasteiger partial charge in [-0.05, 0) is 32.4 Å². The van der Waals surface area contributed by atoms with Crippen LogP contribution in [0.5, 0.6) is 0 Å². The molecule has 0 saturated heterocycles. The van der Waals surface area contributed by atoms with Crippen molar-refractivity contribution in [3.63, 3.8) is 0 Å². The van der Waals surface area contributed by atoms with Crippen LogP contribution in [-0.4, -0.2) is 25.7 Å². The summed E-state index contributed by atoms with van der Waals surface area (Å²) < 4.78 is 4.98. The van der Waals surface area contributed by atoms with Crippen LogP contribution in [-0.2, 0) is 4.74 Å². The molecule has 3 nitrogen and oxygen atoms in total. The van der Waals surface area contributed by atoms with Crippen molar-refractivity contribution in [2.24, 2.45) is 0 Å². The van der Waals surface area contributed by atoms with Crippen LogP contribution in [0, 0.1) is 13.8 Å². The van der Waals surface area contributed by atoms with Crippen molar-refractivity contribution in [2.75, 3.05) is 13.7 Å². The normalized spacial score (nSPS) is 12.2. The second-order valence-electron chi connectivity index (χ2n) is 4.15. The smallest absolute Gasteiger partial charge is 0.251 e. The van der Waals surface area contributed by atoms with Crippen molar-refractivity contribution in [1.82, 2.24) is 5.32 Å². The Morgan fingerprint density at radius 2 is 2.12 bits per heavy atom. The topological polar surface area (TPSA) is 38.3 Å². The van der Waals surface area contributed by atoms with Crippen LogP contribution >= 0.6 is 0 Å². The van der Waals surface area contributed by atoms with Crippen LogP contribution in [0.4, 0.5) is 0 Å². The maximum absolute atomic E-state index is 11.9. The Labute approximate surface area is 96.8 Å². The van der Waals surface area contributed by atoms with E-state index in [9.17, 15) is 4.79 Å². The molecule has 1 unspecified atom stereocenters. The SMILES string of the molecule is COCC(C)NC(=O)c1ccc(C)cc1C. The lowest BCUT2D eigenvalue weighted by atomic mass is 10.1. The highest BCUT2D eigenvalue weighted by Crippen LogP contribution is 2.10. The third-order valence-corrected chi connectivity index (χ3v) is 2.42. The molecule has 0 saturated carbocycles. The molecule has 1 atom stereocenters. The number of benzene rings is 1. The number of carbonyl (C=O) groups excluding carboxylic acids is 1. The Hall–Kier alpha value is -1.35. The Bertz CT molecular complexity index is 374.